The summed E-state index contributed by atoms with van der Waals surface area (Å²) in [5.74, 6) is 0.428. The molecule has 0 aromatic heterocycles. The summed E-state index contributed by atoms with van der Waals surface area (Å²) < 4.78 is 24.6. The molecule has 6 heteroatoms. The molecule has 2 heterocycles. The average Bonchev–Trinajstić information content (AvgIpc) is 2.83. The molecule has 1 saturated heterocycles. The number of benzene rings is 1. The fraction of sp³-hybridized carbons (Fsp3) is 0.562. The van der Waals surface area contributed by atoms with Crippen LogP contribution in [0.3, 0.4) is 0 Å². The molecule has 2 aliphatic rings. The first-order valence-corrected chi connectivity index (χ1v) is 9.58. The van der Waals surface area contributed by atoms with Crippen LogP contribution in [0, 0.1) is 5.92 Å². The molecular formula is C16H22N2O3S. The molecule has 1 aromatic rings. The summed E-state index contributed by atoms with van der Waals surface area (Å²) in [5, 5.41) is 0. The third-order valence-electron chi connectivity index (χ3n) is 4.75. The van der Waals surface area contributed by atoms with Gasteiger partial charge >= 0.3 is 0 Å². The predicted molar refractivity (Wildman–Crippen MR) is 86.4 cm³/mol. The molecule has 1 unspecified atom stereocenters. The van der Waals surface area contributed by atoms with Crippen LogP contribution in [0.4, 0.5) is 5.69 Å². The number of nitrogens with zero attached hydrogens (tertiary/aromatic N) is 2. The molecule has 5 nitrogen and oxygen atoms in total. The Morgan fingerprint density at radius 3 is 2.45 bits per heavy atom. The zero-order valence-electron chi connectivity index (χ0n) is 13.0. The van der Waals surface area contributed by atoms with E-state index in [1.54, 1.807) is 0 Å². The summed E-state index contributed by atoms with van der Waals surface area (Å²) in [7, 11) is -3.14. The Hall–Kier alpha value is -1.40. The van der Waals surface area contributed by atoms with Gasteiger partial charge in [0.2, 0.25) is 15.9 Å². The summed E-state index contributed by atoms with van der Waals surface area (Å²) in [6.45, 7) is 3.75. The highest BCUT2D eigenvalue weighted by atomic mass is 32.2. The van der Waals surface area contributed by atoms with Crippen LogP contribution < -0.4 is 4.90 Å². The van der Waals surface area contributed by atoms with Crippen molar-refractivity contribution in [2.45, 2.75) is 25.7 Å². The lowest BCUT2D eigenvalue weighted by atomic mass is 9.96. The number of rotatable bonds is 2. The maximum absolute atomic E-state index is 12.8. The fourth-order valence-electron chi connectivity index (χ4n) is 3.48. The van der Waals surface area contributed by atoms with E-state index in [0.717, 1.165) is 12.2 Å². The highest BCUT2D eigenvalue weighted by molar-refractivity contribution is 7.88. The van der Waals surface area contributed by atoms with Crippen molar-refractivity contribution in [3.8, 4) is 0 Å². The highest BCUT2D eigenvalue weighted by Gasteiger charge is 2.36. The van der Waals surface area contributed by atoms with Crippen molar-refractivity contribution < 1.29 is 13.2 Å². The molecule has 0 saturated carbocycles. The second-order valence-corrected chi connectivity index (χ2v) is 8.33. The molecule has 2 aliphatic heterocycles. The molecule has 0 spiro atoms. The molecule has 120 valence electrons. The number of hydrogen-bond donors (Lipinski definition) is 0. The molecule has 22 heavy (non-hydrogen) atoms. The van der Waals surface area contributed by atoms with Gasteiger partial charge in [-0.25, -0.2) is 12.7 Å². The number of fused-ring (bicyclic) bond motifs is 1. The lowest BCUT2D eigenvalue weighted by Crippen LogP contribution is -2.43. The Morgan fingerprint density at radius 1 is 1.18 bits per heavy atom. The van der Waals surface area contributed by atoms with Gasteiger partial charge in [0, 0.05) is 37.2 Å². The van der Waals surface area contributed by atoms with E-state index < -0.39 is 10.0 Å². The van der Waals surface area contributed by atoms with E-state index >= 15 is 0 Å². The van der Waals surface area contributed by atoms with Crippen LogP contribution in [-0.4, -0.2) is 44.5 Å². The van der Waals surface area contributed by atoms with Crippen LogP contribution >= 0.6 is 0 Å². The minimum atomic E-state index is -3.14. The predicted octanol–water partition coefficient (Wildman–Crippen LogP) is 1.81. The number of piperidine rings is 1. The van der Waals surface area contributed by atoms with Crippen LogP contribution in [-0.2, 0) is 14.8 Å². The Labute approximate surface area is 132 Å². The first-order valence-electron chi connectivity index (χ1n) is 7.73. The molecule has 3 rings (SSSR count). The number of carbonyl (C=O) groups excluding carboxylic acids is 1. The van der Waals surface area contributed by atoms with E-state index in [4.69, 9.17) is 0 Å². The van der Waals surface area contributed by atoms with Crippen LogP contribution in [0.5, 0.6) is 0 Å². The number of sulfonamides is 1. The zero-order chi connectivity index (χ0) is 15.9. The SMILES string of the molecule is CC1CN(C(=O)C2CCN(S(C)(=O)=O)CC2)c2ccccc21. The van der Waals surface area contributed by atoms with Gasteiger partial charge in [-0.1, -0.05) is 25.1 Å². The molecule has 0 N–H and O–H groups in total. The molecular weight excluding hydrogens is 300 g/mol. The third kappa shape index (κ3) is 2.77. The van der Waals surface area contributed by atoms with Gasteiger partial charge in [0.15, 0.2) is 0 Å². The van der Waals surface area contributed by atoms with Gasteiger partial charge in [-0.2, -0.15) is 0 Å². The second kappa shape index (κ2) is 5.66. The molecule has 1 amide bonds. The monoisotopic (exact) mass is 322 g/mol. The van der Waals surface area contributed by atoms with Gasteiger partial charge < -0.3 is 4.90 Å². The Kier molecular flexibility index (Phi) is 3.99. The van der Waals surface area contributed by atoms with E-state index in [1.165, 1.54) is 16.1 Å². The van der Waals surface area contributed by atoms with Crippen LogP contribution in [0.1, 0.15) is 31.2 Å². The van der Waals surface area contributed by atoms with Gasteiger partial charge in [-0.15, -0.1) is 0 Å². The van der Waals surface area contributed by atoms with Gasteiger partial charge in [-0.3, -0.25) is 4.79 Å². The van der Waals surface area contributed by atoms with E-state index in [9.17, 15) is 13.2 Å². The molecule has 0 radical (unpaired) electrons. The lowest BCUT2D eigenvalue weighted by Gasteiger charge is -2.32. The minimum Gasteiger partial charge on any atom is -0.311 e. The van der Waals surface area contributed by atoms with Crippen molar-refractivity contribution in [3.05, 3.63) is 29.8 Å². The number of para-hydroxylation sites is 1. The summed E-state index contributed by atoms with van der Waals surface area (Å²) in [5.41, 5.74) is 2.25. The van der Waals surface area contributed by atoms with Crippen LogP contribution in [0.2, 0.25) is 0 Å². The van der Waals surface area contributed by atoms with E-state index in [-0.39, 0.29) is 11.8 Å². The van der Waals surface area contributed by atoms with Crippen molar-refractivity contribution in [3.63, 3.8) is 0 Å². The maximum atomic E-state index is 12.8. The Bertz CT molecular complexity index is 678. The third-order valence-corrected chi connectivity index (χ3v) is 6.06. The average molecular weight is 322 g/mol. The van der Waals surface area contributed by atoms with E-state index in [2.05, 4.69) is 13.0 Å². The number of hydrogen-bond acceptors (Lipinski definition) is 3. The first-order chi connectivity index (χ1) is 10.4. The standard InChI is InChI=1S/C16H22N2O3S/c1-12-11-18(15-6-4-3-5-14(12)15)16(19)13-7-9-17(10-8-13)22(2,20)21/h3-6,12-13H,7-11H2,1-2H3. The van der Waals surface area contributed by atoms with Crippen molar-refractivity contribution in [1.29, 1.82) is 0 Å². The summed E-state index contributed by atoms with van der Waals surface area (Å²) in [6, 6.07) is 8.05. The minimum absolute atomic E-state index is 0.0728. The summed E-state index contributed by atoms with van der Waals surface area (Å²) in [6.07, 6.45) is 2.45. The Morgan fingerprint density at radius 2 is 1.82 bits per heavy atom. The maximum Gasteiger partial charge on any atom is 0.230 e. The topological polar surface area (TPSA) is 57.7 Å². The second-order valence-electron chi connectivity index (χ2n) is 6.35. The van der Waals surface area contributed by atoms with Gasteiger partial charge in [0.05, 0.1) is 6.26 Å². The van der Waals surface area contributed by atoms with Gasteiger partial charge in [0.25, 0.3) is 0 Å². The van der Waals surface area contributed by atoms with Crippen LogP contribution in [0.25, 0.3) is 0 Å². The van der Waals surface area contributed by atoms with Crippen molar-refractivity contribution in [2.24, 2.45) is 5.92 Å². The van der Waals surface area contributed by atoms with Gasteiger partial charge in [-0.05, 0) is 24.5 Å². The van der Waals surface area contributed by atoms with Crippen molar-refractivity contribution in [1.82, 2.24) is 4.31 Å². The first kappa shape index (κ1) is 15.5. The molecule has 1 aromatic carbocycles. The number of carbonyl (C=O) groups is 1. The largest absolute Gasteiger partial charge is 0.311 e. The quantitative estimate of drug-likeness (QED) is 0.834. The lowest BCUT2D eigenvalue weighted by molar-refractivity contribution is -0.123. The van der Waals surface area contributed by atoms with Crippen molar-refractivity contribution in [2.75, 3.05) is 30.8 Å². The van der Waals surface area contributed by atoms with E-state index in [1.807, 2.05) is 23.1 Å². The van der Waals surface area contributed by atoms with E-state index in [0.29, 0.717) is 31.8 Å². The molecule has 1 fully saturated rings. The fourth-order valence-corrected chi connectivity index (χ4v) is 4.36. The zero-order valence-corrected chi connectivity index (χ0v) is 13.8. The van der Waals surface area contributed by atoms with Crippen molar-refractivity contribution >= 4 is 21.6 Å². The summed E-state index contributed by atoms with van der Waals surface area (Å²) in [4.78, 5) is 14.7. The number of anilines is 1. The molecule has 0 aliphatic carbocycles. The summed E-state index contributed by atoms with van der Waals surface area (Å²) >= 11 is 0. The van der Waals surface area contributed by atoms with Crippen LogP contribution in [0.15, 0.2) is 24.3 Å². The molecule has 1 atom stereocenters. The van der Waals surface area contributed by atoms with Gasteiger partial charge in [0.1, 0.15) is 0 Å². The highest BCUT2D eigenvalue weighted by Crippen LogP contribution is 2.37. The smallest absolute Gasteiger partial charge is 0.230 e. The number of amides is 1. The Balaban J connectivity index is 1.72. The normalized spacial score (nSPS) is 23.5. The molecule has 0 bridgehead atoms.